The van der Waals surface area contributed by atoms with Gasteiger partial charge < -0.3 is 35.8 Å². The zero-order chi connectivity index (χ0) is 23.7. The number of H-pyrrole nitrogens is 1. The van der Waals surface area contributed by atoms with Gasteiger partial charge in [-0.3, -0.25) is 14.8 Å². The van der Waals surface area contributed by atoms with Crippen LogP contribution in [0.15, 0.2) is 42.5 Å². The van der Waals surface area contributed by atoms with Gasteiger partial charge in [0.05, 0.1) is 24.9 Å². The molecule has 4 rings (SSSR count). The number of aliphatic hydroxyl groups excluding tert-OH is 2. The highest BCUT2D eigenvalue weighted by Crippen LogP contribution is 2.40. The number of rotatable bonds is 7. The summed E-state index contributed by atoms with van der Waals surface area (Å²) in [6.07, 6.45) is 0. The largest absolute Gasteiger partial charge is 0.733 e. The van der Waals surface area contributed by atoms with Gasteiger partial charge in [-0.05, 0) is 35.9 Å². The van der Waals surface area contributed by atoms with Gasteiger partial charge in [0.2, 0.25) is 0 Å². The Labute approximate surface area is 193 Å². The summed E-state index contributed by atoms with van der Waals surface area (Å²) in [7, 11) is 0. The van der Waals surface area contributed by atoms with E-state index in [1.165, 1.54) is 17.0 Å². The first-order valence-electron chi connectivity index (χ1n) is 10.2. The summed E-state index contributed by atoms with van der Waals surface area (Å²) in [6.45, 7) is -0.471. The molecule has 11 heteroatoms. The standard InChI is InChI=1S/C22H22ClN4O6/c23-8-14-9-26(20-7-16(27(32)33)3-4-17(14)20)22(31)19-5-12-1-2-13(6-18(12)25-19)21(30)24-15(10-28)11-29/h1-7,14-15,25,28-29,32H,8-11H2,(H,24,30)/q-1. The van der Waals surface area contributed by atoms with Gasteiger partial charge in [0, 0.05) is 40.5 Å². The Kier molecular flexibility index (Phi) is 6.54. The molecule has 10 nitrogen and oxygen atoms in total. The van der Waals surface area contributed by atoms with Gasteiger partial charge in [0.1, 0.15) is 5.69 Å². The number of hydrogen-bond acceptors (Lipinski definition) is 7. The summed E-state index contributed by atoms with van der Waals surface area (Å²) < 4.78 is 0. The lowest BCUT2D eigenvalue weighted by atomic mass is 10.0. The van der Waals surface area contributed by atoms with Crippen LogP contribution in [0.2, 0.25) is 0 Å². The molecule has 0 saturated carbocycles. The molecule has 0 saturated heterocycles. The van der Waals surface area contributed by atoms with Crippen LogP contribution in [0.25, 0.3) is 10.9 Å². The fraction of sp³-hybridized carbons (Fsp3) is 0.273. The minimum atomic E-state index is -0.770. The SMILES string of the molecule is O=C(NC(CO)CO)c1ccc2cc(C(=O)N3CC(CCl)c4ccc(N([O-])O)cc43)[nH]c2c1. The van der Waals surface area contributed by atoms with Crippen molar-refractivity contribution in [1.82, 2.24) is 10.3 Å². The molecule has 0 bridgehead atoms. The number of aromatic nitrogens is 1. The van der Waals surface area contributed by atoms with Gasteiger partial charge in [0.25, 0.3) is 11.8 Å². The number of hydrogen-bond donors (Lipinski definition) is 5. The molecule has 0 fully saturated rings. The number of aliphatic hydroxyl groups is 2. The van der Waals surface area contributed by atoms with Gasteiger partial charge >= 0.3 is 0 Å². The summed E-state index contributed by atoms with van der Waals surface area (Å²) in [5, 5.41) is 41.8. The average Bonchev–Trinajstić information content (AvgIpc) is 3.42. The van der Waals surface area contributed by atoms with Crippen LogP contribution in [0.1, 0.15) is 32.3 Å². The first-order chi connectivity index (χ1) is 15.9. The number of carbonyl (C=O) groups excluding carboxylic acids is 2. The van der Waals surface area contributed by atoms with Crippen molar-refractivity contribution in [2.24, 2.45) is 0 Å². The highest BCUT2D eigenvalue weighted by Gasteiger charge is 2.33. The molecular weight excluding hydrogens is 452 g/mol. The van der Waals surface area contributed by atoms with E-state index >= 15 is 0 Å². The zero-order valence-corrected chi connectivity index (χ0v) is 18.1. The van der Waals surface area contributed by atoms with E-state index in [2.05, 4.69) is 10.3 Å². The van der Waals surface area contributed by atoms with Crippen molar-refractivity contribution < 1.29 is 25.0 Å². The number of benzene rings is 2. The molecule has 174 valence electrons. The fourth-order valence-corrected chi connectivity index (χ4v) is 4.18. The normalized spacial score (nSPS) is 15.2. The number of anilines is 2. The van der Waals surface area contributed by atoms with E-state index in [0.29, 0.717) is 28.7 Å². The van der Waals surface area contributed by atoms with Gasteiger partial charge in [-0.1, -0.05) is 12.1 Å². The first kappa shape index (κ1) is 23.0. The lowest BCUT2D eigenvalue weighted by Gasteiger charge is -2.24. The van der Waals surface area contributed by atoms with Crippen molar-refractivity contribution in [1.29, 1.82) is 0 Å². The number of alkyl halides is 1. The summed E-state index contributed by atoms with van der Waals surface area (Å²) in [5.41, 5.74) is 2.43. The predicted molar refractivity (Wildman–Crippen MR) is 123 cm³/mol. The van der Waals surface area contributed by atoms with E-state index in [9.17, 15) is 20.0 Å². The van der Waals surface area contributed by atoms with Crippen molar-refractivity contribution in [3.8, 4) is 0 Å². The zero-order valence-electron chi connectivity index (χ0n) is 17.4. The summed E-state index contributed by atoms with van der Waals surface area (Å²) in [5.74, 6) is -0.655. The maximum atomic E-state index is 13.3. The van der Waals surface area contributed by atoms with Crippen LogP contribution in [-0.2, 0) is 0 Å². The lowest BCUT2D eigenvalue weighted by molar-refractivity contribution is 0.0879. The molecule has 2 aromatic carbocycles. The molecule has 1 unspecified atom stereocenters. The number of nitrogens with one attached hydrogen (secondary N) is 2. The van der Waals surface area contributed by atoms with Crippen LogP contribution in [0.3, 0.4) is 0 Å². The molecule has 2 heterocycles. The highest BCUT2D eigenvalue weighted by molar-refractivity contribution is 6.19. The highest BCUT2D eigenvalue weighted by atomic mass is 35.5. The number of aromatic amines is 1. The number of halogens is 1. The maximum Gasteiger partial charge on any atom is 0.274 e. The Bertz CT molecular complexity index is 1190. The van der Waals surface area contributed by atoms with E-state index in [1.54, 1.807) is 30.3 Å². The van der Waals surface area contributed by atoms with Crippen LogP contribution in [0.4, 0.5) is 11.4 Å². The van der Waals surface area contributed by atoms with Gasteiger partial charge in [-0.15, -0.1) is 11.6 Å². The van der Waals surface area contributed by atoms with Crippen LogP contribution in [-0.4, -0.2) is 63.9 Å². The Morgan fingerprint density at radius 3 is 2.64 bits per heavy atom. The second kappa shape index (κ2) is 9.38. The molecule has 3 aromatic rings. The molecular formula is C22H22ClN4O6-. The van der Waals surface area contributed by atoms with Crippen LogP contribution in [0.5, 0.6) is 0 Å². The van der Waals surface area contributed by atoms with Crippen LogP contribution in [0, 0.1) is 5.21 Å². The molecule has 1 aliphatic rings. The topological polar surface area (TPSA) is 152 Å². The van der Waals surface area contributed by atoms with Crippen LogP contribution >= 0.6 is 11.6 Å². The first-order valence-corrected chi connectivity index (χ1v) is 10.7. The fourth-order valence-electron chi connectivity index (χ4n) is 3.92. The average molecular weight is 474 g/mol. The van der Waals surface area contributed by atoms with Gasteiger partial charge in [0.15, 0.2) is 0 Å². The van der Waals surface area contributed by atoms with Crippen molar-refractivity contribution in [3.63, 3.8) is 0 Å². The van der Waals surface area contributed by atoms with Crippen molar-refractivity contribution >= 4 is 45.7 Å². The molecule has 1 aliphatic heterocycles. The minimum Gasteiger partial charge on any atom is -0.733 e. The van der Waals surface area contributed by atoms with E-state index < -0.39 is 25.2 Å². The quantitative estimate of drug-likeness (QED) is 0.259. The monoisotopic (exact) mass is 473 g/mol. The Hall–Kier alpha value is -3.15. The lowest BCUT2D eigenvalue weighted by Crippen LogP contribution is -2.40. The Balaban J connectivity index is 1.63. The summed E-state index contributed by atoms with van der Waals surface area (Å²) in [4.78, 5) is 30.2. The van der Waals surface area contributed by atoms with Gasteiger partial charge in [-0.25, -0.2) is 0 Å². The number of carbonyl (C=O) groups is 2. The Morgan fingerprint density at radius 1 is 1.21 bits per heavy atom. The predicted octanol–water partition coefficient (Wildman–Crippen LogP) is 1.93. The summed E-state index contributed by atoms with van der Waals surface area (Å²) in [6, 6.07) is 10.3. The van der Waals surface area contributed by atoms with Crippen LogP contribution < -0.4 is 15.4 Å². The van der Waals surface area contributed by atoms with E-state index in [4.69, 9.17) is 21.8 Å². The second-order valence-electron chi connectivity index (χ2n) is 7.80. The molecule has 1 atom stereocenters. The second-order valence-corrected chi connectivity index (χ2v) is 8.11. The number of amides is 2. The Morgan fingerprint density at radius 2 is 1.97 bits per heavy atom. The summed E-state index contributed by atoms with van der Waals surface area (Å²) >= 11 is 6.09. The van der Waals surface area contributed by atoms with Crippen molar-refractivity contribution in [2.75, 3.05) is 35.8 Å². The molecule has 0 radical (unpaired) electrons. The third kappa shape index (κ3) is 4.39. The van der Waals surface area contributed by atoms with Crippen molar-refractivity contribution in [3.05, 3.63) is 64.5 Å². The minimum absolute atomic E-state index is 0.00173. The van der Waals surface area contributed by atoms with E-state index in [1.807, 2.05) is 0 Å². The molecule has 2 amide bonds. The van der Waals surface area contributed by atoms with Crippen molar-refractivity contribution in [2.45, 2.75) is 12.0 Å². The smallest absolute Gasteiger partial charge is 0.274 e. The van der Waals surface area contributed by atoms with Gasteiger partial charge in [-0.2, -0.15) is 0 Å². The number of nitrogens with zero attached hydrogens (tertiary/aromatic N) is 2. The molecule has 33 heavy (non-hydrogen) atoms. The van der Waals surface area contributed by atoms with E-state index in [-0.39, 0.29) is 34.3 Å². The molecule has 1 aromatic heterocycles. The third-order valence-electron chi connectivity index (χ3n) is 5.69. The molecule has 0 aliphatic carbocycles. The maximum absolute atomic E-state index is 13.3. The molecule has 5 N–H and O–H groups in total. The molecule has 0 spiro atoms. The van der Waals surface area contributed by atoms with E-state index in [0.717, 1.165) is 5.56 Å². The third-order valence-corrected chi connectivity index (χ3v) is 6.06. The number of fused-ring (bicyclic) bond motifs is 2.